The third-order valence-corrected chi connectivity index (χ3v) is 3.29. The van der Waals surface area contributed by atoms with E-state index in [1.807, 2.05) is 0 Å². The predicted octanol–water partition coefficient (Wildman–Crippen LogP) is 0.822. The molecule has 2 fully saturated rings. The zero-order chi connectivity index (χ0) is 10.9. The first-order valence-electron chi connectivity index (χ1n) is 5.76. The molecule has 4 nitrogen and oxygen atoms in total. The molecule has 0 bridgehead atoms. The highest BCUT2D eigenvalue weighted by Gasteiger charge is 2.37. The van der Waals surface area contributed by atoms with Gasteiger partial charge in [-0.15, -0.1) is 0 Å². The van der Waals surface area contributed by atoms with Gasteiger partial charge >= 0.3 is 0 Å². The summed E-state index contributed by atoms with van der Waals surface area (Å²) >= 11 is 0. The van der Waals surface area contributed by atoms with E-state index in [-0.39, 0.29) is 6.10 Å². The molecule has 0 spiro atoms. The molecule has 1 aliphatic carbocycles. The van der Waals surface area contributed by atoms with E-state index in [2.05, 4.69) is 23.7 Å². The number of ether oxygens (including phenoxy) is 1. The molecule has 0 aromatic heterocycles. The van der Waals surface area contributed by atoms with Crippen LogP contribution in [0.15, 0.2) is 4.99 Å². The van der Waals surface area contributed by atoms with Crippen molar-refractivity contribution < 1.29 is 4.74 Å². The van der Waals surface area contributed by atoms with Crippen molar-refractivity contribution in [2.75, 3.05) is 26.2 Å². The second-order valence-electron chi connectivity index (χ2n) is 5.11. The zero-order valence-electron chi connectivity index (χ0n) is 9.70. The fraction of sp³-hybridized carbons (Fsp3) is 0.909. The second-order valence-corrected chi connectivity index (χ2v) is 5.11. The maximum atomic E-state index is 5.97. The summed E-state index contributed by atoms with van der Waals surface area (Å²) in [6, 6.07) is 0. The summed E-state index contributed by atoms with van der Waals surface area (Å²) in [5.41, 5.74) is 6.41. The molecular formula is C11H21N3O. The summed E-state index contributed by atoms with van der Waals surface area (Å²) in [5, 5.41) is 0. The largest absolute Gasteiger partial charge is 0.375 e. The van der Waals surface area contributed by atoms with Crippen LogP contribution >= 0.6 is 0 Å². The first-order chi connectivity index (χ1) is 7.09. The summed E-state index contributed by atoms with van der Waals surface area (Å²) in [6.45, 7) is 7.72. The molecule has 0 aromatic carbocycles. The van der Waals surface area contributed by atoms with Crippen molar-refractivity contribution in [3.63, 3.8) is 0 Å². The van der Waals surface area contributed by atoms with Gasteiger partial charge in [-0.2, -0.15) is 0 Å². The first kappa shape index (κ1) is 10.7. The van der Waals surface area contributed by atoms with Crippen LogP contribution in [0, 0.1) is 5.41 Å². The molecule has 86 valence electrons. The maximum Gasteiger partial charge on any atom is 0.191 e. The average molecular weight is 211 g/mol. The number of rotatable bonds is 2. The van der Waals surface area contributed by atoms with E-state index in [0.29, 0.717) is 11.4 Å². The third kappa shape index (κ3) is 2.84. The van der Waals surface area contributed by atoms with Gasteiger partial charge in [0.25, 0.3) is 0 Å². The molecule has 1 aliphatic heterocycles. The Bertz CT molecular complexity index is 261. The van der Waals surface area contributed by atoms with Gasteiger partial charge in [0.15, 0.2) is 5.96 Å². The van der Waals surface area contributed by atoms with Crippen LogP contribution in [0.5, 0.6) is 0 Å². The standard InChI is InChI=1S/C11H21N3O/c1-9-7-14(5-6-15-9)10(12)13-8-11(2)3-4-11/h9H,3-8H2,1-2H3,(H2,12,13). The Morgan fingerprint density at radius 1 is 1.60 bits per heavy atom. The normalized spacial score (nSPS) is 30.4. The Labute approximate surface area is 91.5 Å². The molecule has 1 atom stereocenters. The molecular weight excluding hydrogens is 190 g/mol. The molecule has 2 N–H and O–H groups in total. The lowest BCUT2D eigenvalue weighted by Crippen LogP contribution is -2.48. The lowest BCUT2D eigenvalue weighted by Gasteiger charge is -2.32. The van der Waals surface area contributed by atoms with E-state index in [1.165, 1.54) is 12.8 Å². The Balaban J connectivity index is 1.85. The molecule has 4 heteroatoms. The van der Waals surface area contributed by atoms with Gasteiger partial charge < -0.3 is 15.4 Å². The average Bonchev–Trinajstić information content (AvgIpc) is 2.94. The van der Waals surface area contributed by atoms with Crippen molar-refractivity contribution in [1.29, 1.82) is 0 Å². The Kier molecular flexibility index (Phi) is 2.87. The van der Waals surface area contributed by atoms with E-state index in [4.69, 9.17) is 10.5 Å². The number of hydrogen-bond donors (Lipinski definition) is 1. The Hall–Kier alpha value is -0.770. The van der Waals surface area contributed by atoms with Gasteiger partial charge in [-0.3, -0.25) is 4.99 Å². The van der Waals surface area contributed by atoms with E-state index < -0.39 is 0 Å². The number of morpholine rings is 1. The molecule has 1 saturated carbocycles. The summed E-state index contributed by atoms with van der Waals surface area (Å²) in [7, 11) is 0. The first-order valence-corrected chi connectivity index (χ1v) is 5.76. The van der Waals surface area contributed by atoms with Crippen molar-refractivity contribution in [1.82, 2.24) is 4.90 Å². The van der Waals surface area contributed by atoms with Crippen LogP contribution in [0.1, 0.15) is 26.7 Å². The molecule has 2 rings (SSSR count). The highest BCUT2D eigenvalue weighted by molar-refractivity contribution is 5.78. The topological polar surface area (TPSA) is 50.8 Å². The molecule has 1 saturated heterocycles. The van der Waals surface area contributed by atoms with Gasteiger partial charge in [0, 0.05) is 19.6 Å². The van der Waals surface area contributed by atoms with Gasteiger partial charge in [0.2, 0.25) is 0 Å². The highest BCUT2D eigenvalue weighted by Crippen LogP contribution is 2.44. The monoisotopic (exact) mass is 211 g/mol. The smallest absolute Gasteiger partial charge is 0.191 e. The van der Waals surface area contributed by atoms with Gasteiger partial charge in [-0.25, -0.2) is 0 Å². The minimum Gasteiger partial charge on any atom is -0.375 e. The summed E-state index contributed by atoms with van der Waals surface area (Å²) in [5.74, 6) is 0.693. The van der Waals surface area contributed by atoms with Crippen LogP contribution in [-0.4, -0.2) is 43.2 Å². The van der Waals surface area contributed by atoms with Crippen molar-refractivity contribution in [3.05, 3.63) is 0 Å². The molecule has 0 aromatic rings. The Morgan fingerprint density at radius 3 is 2.93 bits per heavy atom. The molecule has 0 radical (unpaired) electrons. The van der Waals surface area contributed by atoms with E-state index in [0.717, 1.165) is 26.2 Å². The fourth-order valence-electron chi connectivity index (χ4n) is 1.77. The SMILES string of the molecule is CC1CN(C(N)=NCC2(C)CC2)CCO1. The van der Waals surface area contributed by atoms with Gasteiger partial charge in [0.1, 0.15) is 0 Å². The lowest BCUT2D eigenvalue weighted by molar-refractivity contribution is 0.00527. The van der Waals surface area contributed by atoms with Gasteiger partial charge in [-0.1, -0.05) is 6.92 Å². The maximum absolute atomic E-state index is 5.97. The summed E-state index contributed by atoms with van der Waals surface area (Å²) < 4.78 is 5.46. The quantitative estimate of drug-likeness (QED) is 0.543. The van der Waals surface area contributed by atoms with Crippen LogP contribution in [-0.2, 0) is 4.74 Å². The minimum atomic E-state index is 0.268. The van der Waals surface area contributed by atoms with Gasteiger partial charge in [0.05, 0.1) is 12.7 Å². The van der Waals surface area contributed by atoms with Crippen LogP contribution < -0.4 is 5.73 Å². The summed E-state index contributed by atoms with van der Waals surface area (Å²) in [4.78, 5) is 6.61. The minimum absolute atomic E-state index is 0.268. The molecule has 1 heterocycles. The second kappa shape index (κ2) is 4.00. The zero-order valence-corrected chi connectivity index (χ0v) is 9.70. The van der Waals surface area contributed by atoms with Crippen molar-refractivity contribution >= 4 is 5.96 Å². The van der Waals surface area contributed by atoms with Gasteiger partial charge in [-0.05, 0) is 25.2 Å². The number of nitrogens with two attached hydrogens (primary N) is 1. The molecule has 2 aliphatic rings. The highest BCUT2D eigenvalue weighted by atomic mass is 16.5. The molecule has 1 unspecified atom stereocenters. The van der Waals surface area contributed by atoms with Crippen LogP contribution in [0.4, 0.5) is 0 Å². The number of nitrogens with zero attached hydrogens (tertiary/aromatic N) is 2. The van der Waals surface area contributed by atoms with Crippen LogP contribution in [0.3, 0.4) is 0 Å². The van der Waals surface area contributed by atoms with Crippen molar-refractivity contribution in [3.8, 4) is 0 Å². The van der Waals surface area contributed by atoms with E-state index in [1.54, 1.807) is 0 Å². The van der Waals surface area contributed by atoms with Crippen molar-refractivity contribution in [2.24, 2.45) is 16.1 Å². The predicted molar refractivity (Wildman–Crippen MR) is 60.8 cm³/mol. The molecule has 15 heavy (non-hydrogen) atoms. The van der Waals surface area contributed by atoms with E-state index >= 15 is 0 Å². The number of aliphatic imine (C=N–C) groups is 1. The number of hydrogen-bond acceptors (Lipinski definition) is 2. The van der Waals surface area contributed by atoms with E-state index in [9.17, 15) is 0 Å². The fourth-order valence-corrected chi connectivity index (χ4v) is 1.77. The van der Waals surface area contributed by atoms with Crippen molar-refractivity contribution in [2.45, 2.75) is 32.8 Å². The lowest BCUT2D eigenvalue weighted by atomic mass is 10.1. The third-order valence-electron chi connectivity index (χ3n) is 3.29. The molecule has 0 amide bonds. The van der Waals surface area contributed by atoms with Crippen LogP contribution in [0.2, 0.25) is 0 Å². The van der Waals surface area contributed by atoms with Crippen LogP contribution in [0.25, 0.3) is 0 Å². The summed E-state index contributed by atoms with van der Waals surface area (Å²) in [6.07, 6.45) is 2.86. The number of guanidine groups is 1. The Morgan fingerprint density at radius 2 is 2.33 bits per heavy atom.